The molecule has 0 spiro atoms. The topological polar surface area (TPSA) is 176 Å². The van der Waals surface area contributed by atoms with Gasteiger partial charge < -0.3 is 30.7 Å². The number of nitrogens with one attached hydrogen (secondary N) is 1. The molecule has 13 heteroatoms. The first-order valence-electron chi connectivity index (χ1n) is 17.0. The van der Waals surface area contributed by atoms with Crippen molar-refractivity contribution < 1.29 is 37.4 Å². The number of carbonyl (C=O) groups is 4. The minimum Gasteiger partial charge on any atom is -0.480 e. The molecule has 0 aliphatic heterocycles. The van der Waals surface area contributed by atoms with Crippen LogP contribution in [0.25, 0.3) is 0 Å². The van der Waals surface area contributed by atoms with Crippen LogP contribution in [0.4, 0.5) is 0 Å². The average molecular weight is 697 g/mol. The van der Waals surface area contributed by atoms with Crippen LogP contribution in [0.2, 0.25) is 0 Å². The Morgan fingerprint density at radius 1 is 0.854 bits per heavy atom. The maximum absolute atomic E-state index is 13.0. The van der Waals surface area contributed by atoms with Crippen LogP contribution in [0.5, 0.6) is 0 Å². The summed E-state index contributed by atoms with van der Waals surface area (Å²) in [6, 6.07) is 5.61. The summed E-state index contributed by atoms with van der Waals surface area (Å²) in [7, 11) is -3.76. The lowest BCUT2D eigenvalue weighted by atomic mass is 9.92. The molecule has 0 fully saturated rings. The van der Waals surface area contributed by atoms with Gasteiger partial charge in [0.25, 0.3) is 0 Å². The number of hydrogen-bond donors (Lipinski definition) is 3. The van der Waals surface area contributed by atoms with Crippen LogP contribution in [-0.4, -0.2) is 105 Å². The van der Waals surface area contributed by atoms with Gasteiger partial charge in [0.1, 0.15) is 11.8 Å². The van der Waals surface area contributed by atoms with Gasteiger partial charge in [0.05, 0.1) is 18.1 Å². The second kappa shape index (κ2) is 20.5. The van der Waals surface area contributed by atoms with Gasteiger partial charge in [-0.15, -0.1) is 0 Å². The van der Waals surface area contributed by atoms with E-state index in [2.05, 4.69) is 5.32 Å². The zero-order chi connectivity index (χ0) is 36.5. The number of carboxylic acid groups (broad SMARTS) is 1. The Balaban J connectivity index is 2.46. The fourth-order valence-corrected chi connectivity index (χ4v) is 6.44. The second-order valence-electron chi connectivity index (χ2n) is 14.2. The van der Waals surface area contributed by atoms with Crippen molar-refractivity contribution in [3.8, 4) is 0 Å². The van der Waals surface area contributed by atoms with Gasteiger partial charge in [-0.1, -0.05) is 45.4 Å². The smallest absolute Gasteiger partial charge is 0.320 e. The highest BCUT2D eigenvalue weighted by Gasteiger charge is 2.30. The molecule has 0 radical (unpaired) electrons. The van der Waals surface area contributed by atoms with E-state index in [4.69, 9.17) is 15.6 Å². The standard InChI is InChI=1S/C35H60N4O8S/c1-8-38(31(41)16-11-10-15-30(40)37-21-13-12-14-29(36)33(43)44)23-34(4,5)25-47-26-35(6,7)24-39(9-2)32(42)22-48(45,46)28-19-17-27(3)18-20-28/h17-20,29H,8-16,21-26,36H2,1-7H3,(H,37,40)(H,43,44)/t29-/m0/s1. The summed E-state index contributed by atoms with van der Waals surface area (Å²) >= 11 is 0. The largest absolute Gasteiger partial charge is 0.480 e. The van der Waals surface area contributed by atoms with Crippen molar-refractivity contribution in [2.75, 3.05) is 51.7 Å². The Morgan fingerprint density at radius 2 is 1.38 bits per heavy atom. The van der Waals surface area contributed by atoms with E-state index in [1.54, 1.807) is 17.0 Å². The van der Waals surface area contributed by atoms with Crippen molar-refractivity contribution in [2.45, 2.75) is 104 Å². The van der Waals surface area contributed by atoms with Crippen molar-refractivity contribution in [1.29, 1.82) is 0 Å². The third-order valence-corrected chi connectivity index (χ3v) is 9.63. The zero-order valence-electron chi connectivity index (χ0n) is 30.2. The first kappa shape index (κ1) is 43.0. The normalized spacial score (nSPS) is 12.8. The summed E-state index contributed by atoms with van der Waals surface area (Å²) < 4.78 is 31.8. The van der Waals surface area contributed by atoms with Crippen LogP contribution >= 0.6 is 0 Å². The van der Waals surface area contributed by atoms with E-state index in [1.165, 1.54) is 12.1 Å². The molecule has 0 bridgehead atoms. The molecule has 3 amide bonds. The number of carboxylic acids is 1. The number of hydrogen-bond acceptors (Lipinski definition) is 8. The Bertz CT molecular complexity index is 1280. The van der Waals surface area contributed by atoms with E-state index in [1.807, 2.05) is 53.4 Å². The van der Waals surface area contributed by atoms with E-state index < -0.39 is 38.9 Å². The van der Waals surface area contributed by atoms with Crippen molar-refractivity contribution in [3.05, 3.63) is 29.8 Å². The van der Waals surface area contributed by atoms with Gasteiger partial charge in [0, 0.05) is 56.4 Å². The summed E-state index contributed by atoms with van der Waals surface area (Å²) in [5.74, 6) is -2.11. The monoisotopic (exact) mass is 696 g/mol. The number of carbonyl (C=O) groups excluding carboxylic acids is 3. The molecule has 48 heavy (non-hydrogen) atoms. The Morgan fingerprint density at radius 3 is 1.90 bits per heavy atom. The van der Waals surface area contributed by atoms with Gasteiger partial charge in [-0.05, 0) is 65.0 Å². The SMILES string of the molecule is CCN(CC(C)(C)COCC(C)(C)CN(CC)C(=O)CS(=O)(=O)c1ccc(C)cc1)C(=O)CCCCC(=O)NCCCC[C@H](N)C(=O)O. The fourth-order valence-electron chi connectivity index (χ4n) is 5.21. The van der Waals surface area contributed by atoms with Gasteiger partial charge in [0.15, 0.2) is 9.84 Å². The van der Waals surface area contributed by atoms with E-state index in [0.29, 0.717) is 90.9 Å². The summed E-state index contributed by atoms with van der Waals surface area (Å²) in [6.07, 6.45) is 3.51. The highest BCUT2D eigenvalue weighted by atomic mass is 32.2. The number of rotatable bonds is 24. The summed E-state index contributed by atoms with van der Waals surface area (Å²) in [5.41, 5.74) is 5.65. The van der Waals surface area contributed by atoms with Crippen LogP contribution in [0, 0.1) is 17.8 Å². The molecule has 4 N–H and O–H groups in total. The van der Waals surface area contributed by atoms with Crippen molar-refractivity contribution in [2.24, 2.45) is 16.6 Å². The van der Waals surface area contributed by atoms with Crippen LogP contribution < -0.4 is 11.1 Å². The van der Waals surface area contributed by atoms with Crippen LogP contribution in [0.1, 0.15) is 92.1 Å². The minimum absolute atomic E-state index is 0.0266. The number of nitrogens with zero attached hydrogens (tertiary/aromatic N) is 2. The summed E-state index contributed by atoms with van der Waals surface area (Å²) in [5, 5.41) is 11.6. The number of aliphatic carboxylic acids is 1. The van der Waals surface area contributed by atoms with Gasteiger partial charge in [-0.3, -0.25) is 19.2 Å². The predicted molar refractivity (Wildman–Crippen MR) is 187 cm³/mol. The molecular weight excluding hydrogens is 636 g/mol. The van der Waals surface area contributed by atoms with Crippen LogP contribution in [-0.2, 0) is 33.8 Å². The molecule has 0 aliphatic rings. The number of nitrogens with two attached hydrogens (primary N) is 1. The minimum atomic E-state index is -3.76. The maximum Gasteiger partial charge on any atom is 0.320 e. The highest BCUT2D eigenvalue weighted by Crippen LogP contribution is 2.23. The van der Waals surface area contributed by atoms with E-state index in [-0.39, 0.29) is 22.1 Å². The summed E-state index contributed by atoms with van der Waals surface area (Å²) in [4.78, 5) is 52.3. The highest BCUT2D eigenvalue weighted by molar-refractivity contribution is 7.92. The average Bonchev–Trinajstić information content (AvgIpc) is 3.00. The molecule has 0 heterocycles. The predicted octanol–water partition coefficient (Wildman–Crippen LogP) is 3.79. The number of aryl methyl sites for hydroxylation is 1. The fraction of sp³-hybridized carbons (Fsp3) is 0.714. The number of ether oxygens (including phenoxy) is 1. The molecule has 274 valence electrons. The van der Waals surface area contributed by atoms with Gasteiger partial charge in [-0.2, -0.15) is 0 Å². The van der Waals surface area contributed by atoms with Crippen molar-refractivity contribution in [3.63, 3.8) is 0 Å². The molecule has 1 aromatic carbocycles. The molecule has 12 nitrogen and oxygen atoms in total. The molecule has 1 aromatic rings. The zero-order valence-corrected chi connectivity index (χ0v) is 31.0. The van der Waals surface area contributed by atoms with Gasteiger partial charge in [0.2, 0.25) is 17.7 Å². The van der Waals surface area contributed by atoms with E-state index in [0.717, 1.165) is 5.56 Å². The van der Waals surface area contributed by atoms with Gasteiger partial charge in [-0.25, -0.2) is 8.42 Å². The number of unbranched alkanes of at least 4 members (excludes halogenated alkanes) is 2. The van der Waals surface area contributed by atoms with Crippen LogP contribution in [0.15, 0.2) is 29.2 Å². The Kier molecular flexibility index (Phi) is 18.3. The number of amides is 3. The summed E-state index contributed by atoms with van der Waals surface area (Å²) in [6.45, 7) is 16.6. The second-order valence-corrected chi connectivity index (χ2v) is 16.2. The molecule has 0 saturated heterocycles. The van der Waals surface area contributed by atoms with Gasteiger partial charge >= 0.3 is 5.97 Å². The van der Waals surface area contributed by atoms with Crippen molar-refractivity contribution >= 4 is 33.5 Å². The van der Waals surface area contributed by atoms with Crippen LogP contribution in [0.3, 0.4) is 0 Å². The van der Waals surface area contributed by atoms with E-state index in [9.17, 15) is 27.6 Å². The first-order chi connectivity index (χ1) is 22.3. The molecule has 1 atom stereocenters. The maximum atomic E-state index is 13.0. The Hall–Kier alpha value is -3.03. The first-order valence-corrected chi connectivity index (χ1v) is 18.7. The lowest BCUT2D eigenvalue weighted by molar-refractivity contribution is -0.138. The molecule has 0 aliphatic carbocycles. The number of sulfone groups is 1. The quantitative estimate of drug-likeness (QED) is 0.136. The molecule has 1 rings (SSSR count). The third kappa shape index (κ3) is 16.9. The van der Waals surface area contributed by atoms with E-state index >= 15 is 0 Å². The van der Waals surface area contributed by atoms with Crippen molar-refractivity contribution in [1.82, 2.24) is 15.1 Å². The molecule has 0 unspecified atom stereocenters. The lowest BCUT2D eigenvalue weighted by Crippen LogP contribution is -2.44. The number of benzene rings is 1. The molecule has 0 saturated carbocycles. The molecular formula is C35H60N4O8S. The molecule has 0 aromatic heterocycles. The Labute approximate surface area is 288 Å². The lowest BCUT2D eigenvalue weighted by Gasteiger charge is -2.35. The third-order valence-electron chi connectivity index (χ3n) is 8.01.